The highest BCUT2D eigenvalue weighted by Crippen LogP contribution is 2.39. The zero-order valence-electron chi connectivity index (χ0n) is 13.7. The van der Waals surface area contributed by atoms with Crippen molar-refractivity contribution in [2.75, 3.05) is 12.3 Å². The van der Waals surface area contributed by atoms with Crippen molar-refractivity contribution in [3.05, 3.63) is 33.8 Å². The zero-order chi connectivity index (χ0) is 16.7. The fourth-order valence-electron chi connectivity index (χ4n) is 2.21. The molecule has 0 spiro atoms. The smallest absolute Gasteiger partial charge is 0.400 e. The van der Waals surface area contributed by atoms with Crippen molar-refractivity contribution in [1.29, 1.82) is 0 Å². The van der Waals surface area contributed by atoms with Crippen molar-refractivity contribution in [2.45, 2.75) is 45.8 Å². The van der Waals surface area contributed by atoms with Gasteiger partial charge in [0.15, 0.2) is 0 Å². The van der Waals surface area contributed by atoms with Crippen LogP contribution in [-0.2, 0) is 9.31 Å². The van der Waals surface area contributed by atoms with Gasteiger partial charge in [-0.15, -0.1) is 0 Å². The molecule has 120 valence electrons. The first kappa shape index (κ1) is 17.4. The van der Waals surface area contributed by atoms with Gasteiger partial charge >= 0.3 is 7.12 Å². The number of aryl methyl sites for hydroxylation is 1. The Hall–Kier alpha value is -1.01. The van der Waals surface area contributed by atoms with Crippen molar-refractivity contribution in [2.24, 2.45) is 0 Å². The summed E-state index contributed by atoms with van der Waals surface area (Å²) in [6.45, 7) is 9.64. The summed E-state index contributed by atoms with van der Waals surface area (Å²) in [6.07, 6.45) is 1.80. The van der Waals surface area contributed by atoms with Crippen LogP contribution in [0.5, 0.6) is 0 Å². The summed E-state index contributed by atoms with van der Waals surface area (Å²) in [6, 6.07) is 3.60. The van der Waals surface area contributed by atoms with Gasteiger partial charge in [-0.2, -0.15) is 0 Å². The highest BCUT2D eigenvalue weighted by Gasteiger charge is 2.52. The van der Waals surface area contributed by atoms with Crippen LogP contribution in [0.25, 0.3) is 6.08 Å². The van der Waals surface area contributed by atoms with Crippen molar-refractivity contribution in [3.8, 4) is 0 Å². The van der Waals surface area contributed by atoms with Crippen LogP contribution in [0.2, 0.25) is 5.02 Å². The number of aliphatic hydroxyl groups excluding tert-OH is 1. The normalized spacial score (nSPS) is 20.5. The maximum absolute atomic E-state index is 9.71. The third-order valence-electron chi connectivity index (χ3n) is 4.46. The lowest BCUT2D eigenvalue weighted by molar-refractivity contribution is 0.00578. The summed E-state index contributed by atoms with van der Waals surface area (Å²) in [7, 11) is -0.594. The minimum atomic E-state index is -0.594. The van der Waals surface area contributed by atoms with Gasteiger partial charge in [0.2, 0.25) is 0 Å². The number of benzene rings is 1. The van der Waals surface area contributed by atoms with E-state index in [-0.39, 0.29) is 6.61 Å². The number of anilines is 1. The van der Waals surface area contributed by atoms with Crippen LogP contribution < -0.4 is 5.73 Å². The number of aliphatic hydroxyl groups is 1. The van der Waals surface area contributed by atoms with E-state index in [2.05, 4.69) is 0 Å². The topological polar surface area (TPSA) is 64.7 Å². The largest absolute Gasteiger partial charge is 0.492 e. The van der Waals surface area contributed by atoms with Gasteiger partial charge in [0.25, 0.3) is 0 Å². The maximum Gasteiger partial charge on any atom is 0.492 e. The zero-order valence-corrected chi connectivity index (χ0v) is 14.5. The van der Waals surface area contributed by atoms with Gasteiger partial charge in [-0.05, 0) is 63.4 Å². The third kappa shape index (κ3) is 3.18. The molecular weight excluding hydrogens is 300 g/mol. The molecule has 0 saturated carbocycles. The monoisotopic (exact) mass is 323 g/mol. The van der Waals surface area contributed by atoms with E-state index in [4.69, 9.17) is 26.6 Å². The van der Waals surface area contributed by atoms with E-state index in [1.165, 1.54) is 0 Å². The van der Waals surface area contributed by atoms with Crippen LogP contribution in [-0.4, -0.2) is 30.0 Å². The number of hydrogen-bond acceptors (Lipinski definition) is 4. The Morgan fingerprint density at radius 3 is 2.32 bits per heavy atom. The molecule has 0 bridgehead atoms. The van der Waals surface area contributed by atoms with Crippen molar-refractivity contribution < 1.29 is 14.4 Å². The third-order valence-corrected chi connectivity index (χ3v) is 4.79. The van der Waals surface area contributed by atoms with Crippen molar-refractivity contribution in [3.63, 3.8) is 0 Å². The first-order valence-corrected chi connectivity index (χ1v) is 7.68. The Bertz CT molecular complexity index is 598. The lowest BCUT2D eigenvalue weighted by atomic mass is 9.77. The molecule has 2 rings (SSSR count). The van der Waals surface area contributed by atoms with E-state index in [0.717, 1.165) is 11.1 Å². The highest BCUT2D eigenvalue weighted by atomic mass is 35.5. The Morgan fingerprint density at radius 2 is 1.82 bits per heavy atom. The molecule has 1 heterocycles. The van der Waals surface area contributed by atoms with Crippen LogP contribution in [0.4, 0.5) is 5.69 Å². The van der Waals surface area contributed by atoms with E-state index >= 15 is 0 Å². The highest BCUT2D eigenvalue weighted by molar-refractivity contribution is 6.56. The number of rotatable bonds is 3. The first-order chi connectivity index (χ1) is 10.1. The van der Waals surface area contributed by atoms with Crippen LogP contribution in [0.3, 0.4) is 0 Å². The summed E-state index contributed by atoms with van der Waals surface area (Å²) in [5, 5.41) is 10.2. The van der Waals surface area contributed by atoms with Gasteiger partial charge in [0.05, 0.1) is 17.8 Å². The molecule has 4 nitrogen and oxygen atoms in total. The Kier molecular flexibility index (Phi) is 4.65. The van der Waals surface area contributed by atoms with E-state index in [1.807, 2.05) is 40.7 Å². The van der Waals surface area contributed by atoms with Crippen LogP contribution in [0.15, 0.2) is 17.6 Å². The van der Waals surface area contributed by atoms with Gasteiger partial charge in [-0.1, -0.05) is 17.7 Å². The second-order valence-electron chi connectivity index (χ2n) is 6.70. The number of nitrogen functional groups attached to an aromatic ring is 1. The van der Waals surface area contributed by atoms with Crippen molar-refractivity contribution >= 4 is 30.5 Å². The summed E-state index contributed by atoms with van der Waals surface area (Å²) in [4.78, 5) is 0. The molecule has 1 aliphatic heterocycles. The molecular formula is C16H23BClNO3. The van der Waals surface area contributed by atoms with Crippen LogP contribution in [0.1, 0.15) is 38.8 Å². The molecule has 0 unspecified atom stereocenters. The quantitative estimate of drug-likeness (QED) is 0.662. The number of halogens is 1. The van der Waals surface area contributed by atoms with Gasteiger partial charge < -0.3 is 20.1 Å². The Balaban J connectivity index is 2.36. The fourth-order valence-corrected chi connectivity index (χ4v) is 2.44. The predicted molar refractivity (Wildman–Crippen MR) is 91.7 cm³/mol. The average molecular weight is 324 g/mol. The predicted octanol–water partition coefficient (Wildman–Crippen LogP) is 3.24. The molecule has 0 aliphatic carbocycles. The molecule has 6 heteroatoms. The minimum absolute atomic E-state index is 0.170. The van der Waals surface area contributed by atoms with Gasteiger partial charge in [0.1, 0.15) is 0 Å². The molecule has 1 fully saturated rings. The molecule has 0 radical (unpaired) electrons. The second-order valence-corrected chi connectivity index (χ2v) is 7.10. The van der Waals surface area contributed by atoms with E-state index in [0.29, 0.717) is 16.2 Å². The first-order valence-electron chi connectivity index (χ1n) is 7.30. The van der Waals surface area contributed by atoms with Crippen LogP contribution >= 0.6 is 11.6 Å². The fraction of sp³-hybridized carbons (Fsp3) is 0.500. The molecule has 3 N–H and O–H groups in total. The summed E-state index contributed by atoms with van der Waals surface area (Å²) >= 11 is 6.23. The lowest BCUT2D eigenvalue weighted by Gasteiger charge is -2.32. The standard InChI is InChI=1S/C16H23BClNO3/c1-10-6-11(13(18)8-14(10)19)7-12(9-20)17-21-15(2,3)16(4,5)22-17/h6-8,20H,9,19H2,1-5H3. The molecule has 0 aromatic heterocycles. The van der Waals surface area contributed by atoms with E-state index in [1.54, 1.807) is 12.1 Å². The SMILES string of the molecule is Cc1cc(C=C(CO)B2OC(C)(C)C(C)(C)O2)c(Cl)cc1N. The molecule has 1 aliphatic rings. The summed E-state index contributed by atoms with van der Waals surface area (Å²) in [5.74, 6) is 0. The molecule has 0 atom stereocenters. The minimum Gasteiger partial charge on any atom is -0.400 e. The van der Waals surface area contributed by atoms with Gasteiger partial charge in [0, 0.05) is 10.7 Å². The molecule has 1 aromatic carbocycles. The van der Waals surface area contributed by atoms with Gasteiger partial charge in [-0.3, -0.25) is 0 Å². The van der Waals surface area contributed by atoms with Crippen molar-refractivity contribution in [1.82, 2.24) is 0 Å². The van der Waals surface area contributed by atoms with Gasteiger partial charge in [-0.25, -0.2) is 0 Å². The summed E-state index contributed by atoms with van der Waals surface area (Å²) < 4.78 is 11.9. The number of hydrogen-bond donors (Lipinski definition) is 2. The Labute approximate surface area is 137 Å². The average Bonchev–Trinajstić information content (AvgIpc) is 2.61. The molecule has 0 amide bonds. The molecule has 1 aromatic rings. The van der Waals surface area contributed by atoms with E-state index in [9.17, 15) is 5.11 Å². The Morgan fingerprint density at radius 1 is 1.27 bits per heavy atom. The van der Waals surface area contributed by atoms with Crippen LogP contribution in [0, 0.1) is 6.92 Å². The summed E-state index contributed by atoms with van der Waals surface area (Å²) in [5.41, 5.74) is 7.93. The second kappa shape index (κ2) is 5.89. The maximum atomic E-state index is 9.71. The molecule has 1 saturated heterocycles. The van der Waals surface area contributed by atoms with E-state index < -0.39 is 18.3 Å². The molecule has 22 heavy (non-hydrogen) atoms. The lowest BCUT2D eigenvalue weighted by Crippen LogP contribution is -2.41. The number of nitrogens with two attached hydrogens (primary N) is 1.